The number of hydrogen-bond acceptors (Lipinski definition) is 2. The molecule has 1 unspecified atom stereocenters. The van der Waals surface area contributed by atoms with Gasteiger partial charge in [-0.3, -0.25) is 9.59 Å². The van der Waals surface area contributed by atoms with Crippen LogP contribution in [0.5, 0.6) is 0 Å². The first-order valence-corrected chi connectivity index (χ1v) is 8.32. The zero-order valence-corrected chi connectivity index (χ0v) is 13.4. The first kappa shape index (κ1) is 16.5. The van der Waals surface area contributed by atoms with Crippen molar-refractivity contribution in [2.45, 2.75) is 44.9 Å². The third-order valence-electron chi connectivity index (χ3n) is 4.19. The third kappa shape index (κ3) is 4.58. The molecule has 2 rings (SSSR count). The van der Waals surface area contributed by atoms with Crippen molar-refractivity contribution in [1.29, 1.82) is 0 Å². The fourth-order valence-electron chi connectivity index (χ4n) is 2.96. The maximum absolute atomic E-state index is 12.4. The number of nitrogens with one attached hydrogen (secondary N) is 1. The van der Waals surface area contributed by atoms with Gasteiger partial charge in [-0.1, -0.05) is 43.7 Å². The van der Waals surface area contributed by atoms with Crippen LogP contribution in [-0.2, 0) is 9.59 Å². The normalized spacial score (nSPS) is 15.6. The quantitative estimate of drug-likeness (QED) is 0.842. The van der Waals surface area contributed by atoms with Crippen LogP contribution < -0.4 is 5.32 Å². The second-order valence-corrected chi connectivity index (χ2v) is 5.88. The molecule has 2 amide bonds. The summed E-state index contributed by atoms with van der Waals surface area (Å²) in [5, 5.41) is 2.93. The van der Waals surface area contributed by atoms with E-state index in [0.717, 1.165) is 44.3 Å². The Morgan fingerprint density at radius 1 is 1.18 bits per heavy atom. The van der Waals surface area contributed by atoms with E-state index in [2.05, 4.69) is 12.2 Å². The summed E-state index contributed by atoms with van der Waals surface area (Å²) in [5.74, 6) is 0.0694. The molecular weight excluding hydrogens is 276 g/mol. The van der Waals surface area contributed by atoms with Crippen LogP contribution in [0.15, 0.2) is 30.3 Å². The average molecular weight is 302 g/mol. The van der Waals surface area contributed by atoms with Crippen LogP contribution in [0, 0.1) is 0 Å². The molecule has 1 fully saturated rings. The van der Waals surface area contributed by atoms with Gasteiger partial charge >= 0.3 is 0 Å². The molecule has 1 N–H and O–H groups in total. The molecule has 1 heterocycles. The minimum atomic E-state index is -0.118. The van der Waals surface area contributed by atoms with Gasteiger partial charge in [0.15, 0.2) is 0 Å². The first-order chi connectivity index (χ1) is 10.7. The van der Waals surface area contributed by atoms with E-state index in [1.807, 2.05) is 35.2 Å². The molecule has 4 nitrogen and oxygen atoms in total. The summed E-state index contributed by atoms with van der Waals surface area (Å²) in [6.07, 6.45) is 4.39. The Kier molecular flexibility index (Phi) is 6.44. The molecule has 0 bridgehead atoms. The minimum absolute atomic E-state index is 0.0299. The van der Waals surface area contributed by atoms with Crippen LogP contribution in [0.3, 0.4) is 0 Å². The van der Waals surface area contributed by atoms with Crippen molar-refractivity contribution in [2.75, 3.05) is 19.6 Å². The van der Waals surface area contributed by atoms with Crippen molar-refractivity contribution in [2.24, 2.45) is 0 Å². The van der Waals surface area contributed by atoms with Gasteiger partial charge in [0.25, 0.3) is 0 Å². The highest BCUT2D eigenvalue weighted by Crippen LogP contribution is 2.21. The number of rotatable bonds is 7. The summed E-state index contributed by atoms with van der Waals surface area (Å²) in [5.41, 5.74) is 1.05. The highest BCUT2D eigenvalue weighted by Gasteiger charge is 2.21. The topological polar surface area (TPSA) is 49.4 Å². The van der Waals surface area contributed by atoms with E-state index in [-0.39, 0.29) is 17.7 Å². The Hall–Kier alpha value is -1.84. The SMILES string of the molecule is CCCC(C(=O)NCCC(=O)N1CCCC1)c1ccccc1. The van der Waals surface area contributed by atoms with E-state index in [1.54, 1.807) is 0 Å². The van der Waals surface area contributed by atoms with E-state index >= 15 is 0 Å². The van der Waals surface area contributed by atoms with Gasteiger partial charge < -0.3 is 10.2 Å². The van der Waals surface area contributed by atoms with Crippen LogP contribution in [0.1, 0.15) is 50.5 Å². The van der Waals surface area contributed by atoms with Crippen LogP contribution in [0.4, 0.5) is 0 Å². The summed E-state index contributed by atoms with van der Waals surface area (Å²) in [6.45, 7) is 4.26. The molecule has 1 aliphatic rings. The lowest BCUT2D eigenvalue weighted by atomic mass is 9.93. The Bertz CT molecular complexity index is 481. The molecule has 0 spiro atoms. The number of hydrogen-bond donors (Lipinski definition) is 1. The van der Waals surface area contributed by atoms with Gasteiger partial charge in [0.05, 0.1) is 5.92 Å². The van der Waals surface area contributed by atoms with Gasteiger partial charge in [0.1, 0.15) is 0 Å². The Morgan fingerprint density at radius 2 is 1.86 bits per heavy atom. The second kappa shape index (κ2) is 8.57. The molecule has 0 radical (unpaired) electrons. The fraction of sp³-hybridized carbons (Fsp3) is 0.556. The van der Waals surface area contributed by atoms with E-state index in [4.69, 9.17) is 0 Å². The number of carbonyl (C=O) groups excluding carboxylic acids is 2. The Morgan fingerprint density at radius 3 is 2.50 bits per heavy atom. The second-order valence-electron chi connectivity index (χ2n) is 5.88. The van der Waals surface area contributed by atoms with Gasteiger partial charge in [0.2, 0.25) is 11.8 Å². The minimum Gasteiger partial charge on any atom is -0.355 e. The maximum Gasteiger partial charge on any atom is 0.227 e. The number of likely N-dealkylation sites (tertiary alicyclic amines) is 1. The molecule has 1 aromatic rings. The molecule has 1 aliphatic heterocycles. The molecule has 22 heavy (non-hydrogen) atoms. The van der Waals surface area contributed by atoms with Crippen LogP contribution >= 0.6 is 0 Å². The van der Waals surface area contributed by atoms with Gasteiger partial charge in [-0.2, -0.15) is 0 Å². The lowest BCUT2D eigenvalue weighted by Gasteiger charge is -2.18. The van der Waals surface area contributed by atoms with E-state index in [0.29, 0.717) is 13.0 Å². The predicted molar refractivity (Wildman–Crippen MR) is 87.5 cm³/mol. The summed E-state index contributed by atoms with van der Waals surface area (Å²) in [6, 6.07) is 9.87. The van der Waals surface area contributed by atoms with Gasteiger partial charge in [0, 0.05) is 26.1 Å². The zero-order valence-electron chi connectivity index (χ0n) is 13.4. The van der Waals surface area contributed by atoms with Crippen LogP contribution in [0.2, 0.25) is 0 Å². The molecule has 1 saturated heterocycles. The standard InChI is InChI=1S/C18H26N2O2/c1-2-8-16(15-9-4-3-5-10-15)18(22)19-12-11-17(21)20-13-6-7-14-20/h3-5,9-10,16H,2,6-8,11-14H2,1H3,(H,19,22). The lowest BCUT2D eigenvalue weighted by Crippen LogP contribution is -2.34. The van der Waals surface area contributed by atoms with Crippen molar-refractivity contribution >= 4 is 11.8 Å². The highest BCUT2D eigenvalue weighted by molar-refractivity contribution is 5.84. The monoisotopic (exact) mass is 302 g/mol. The van der Waals surface area contributed by atoms with Crippen molar-refractivity contribution < 1.29 is 9.59 Å². The van der Waals surface area contributed by atoms with Gasteiger partial charge in [-0.15, -0.1) is 0 Å². The smallest absolute Gasteiger partial charge is 0.227 e. The van der Waals surface area contributed by atoms with Crippen molar-refractivity contribution in [3.8, 4) is 0 Å². The zero-order chi connectivity index (χ0) is 15.8. The van der Waals surface area contributed by atoms with Crippen molar-refractivity contribution in [3.05, 3.63) is 35.9 Å². The molecule has 1 aromatic carbocycles. The molecule has 0 aliphatic carbocycles. The van der Waals surface area contributed by atoms with Crippen LogP contribution in [0.25, 0.3) is 0 Å². The largest absolute Gasteiger partial charge is 0.355 e. The van der Waals surface area contributed by atoms with E-state index in [1.165, 1.54) is 0 Å². The van der Waals surface area contributed by atoms with Crippen molar-refractivity contribution in [3.63, 3.8) is 0 Å². The Labute approximate surface area is 132 Å². The number of benzene rings is 1. The third-order valence-corrected chi connectivity index (χ3v) is 4.19. The average Bonchev–Trinajstić information content (AvgIpc) is 3.07. The van der Waals surface area contributed by atoms with Crippen molar-refractivity contribution in [1.82, 2.24) is 10.2 Å². The molecular formula is C18H26N2O2. The molecule has 4 heteroatoms. The van der Waals surface area contributed by atoms with Gasteiger partial charge in [-0.25, -0.2) is 0 Å². The summed E-state index contributed by atoms with van der Waals surface area (Å²) in [4.78, 5) is 26.3. The molecule has 0 aromatic heterocycles. The summed E-state index contributed by atoms with van der Waals surface area (Å²) in [7, 11) is 0. The highest BCUT2D eigenvalue weighted by atomic mass is 16.2. The predicted octanol–water partition coefficient (Wildman–Crippen LogP) is 2.70. The molecule has 1 atom stereocenters. The fourth-order valence-corrected chi connectivity index (χ4v) is 2.96. The van der Waals surface area contributed by atoms with E-state index in [9.17, 15) is 9.59 Å². The number of nitrogens with zero attached hydrogens (tertiary/aromatic N) is 1. The van der Waals surface area contributed by atoms with E-state index < -0.39 is 0 Å². The Balaban J connectivity index is 1.82. The summed E-state index contributed by atoms with van der Waals surface area (Å²) < 4.78 is 0. The van der Waals surface area contributed by atoms with Crippen LogP contribution in [-0.4, -0.2) is 36.3 Å². The first-order valence-electron chi connectivity index (χ1n) is 8.32. The maximum atomic E-state index is 12.4. The number of amides is 2. The molecule has 120 valence electrons. The van der Waals surface area contributed by atoms with Gasteiger partial charge in [-0.05, 0) is 24.8 Å². The lowest BCUT2D eigenvalue weighted by molar-refractivity contribution is -0.130. The summed E-state index contributed by atoms with van der Waals surface area (Å²) >= 11 is 0. The number of carbonyl (C=O) groups is 2. The molecule has 0 saturated carbocycles.